The number of piperazine rings is 1. The Balaban J connectivity index is 1.11. The van der Waals surface area contributed by atoms with Gasteiger partial charge in [0.15, 0.2) is 11.5 Å². The van der Waals surface area contributed by atoms with Gasteiger partial charge in [-0.05, 0) is 24.3 Å². The predicted octanol–water partition coefficient (Wildman–Crippen LogP) is 2.74. The number of thiazole rings is 1. The molecule has 3 heterocycles. The highest BCUT2D eigenvalue weighted by Gasteiger charge is 2.33. The number of rotatable bonds is 4. The van der Waals surface area contributed by atoms with Crippen molar-refractivity contribution in [2.24, 2.45) is 0 Å². The minimum Gasteiger partial charge on any atom is -0.485 e. The summed E-state index contributed by atoms with van der Waals surface area (Å²) in [7, 11) is 0. The molecule has 5 rings (SSSR count). The first-order valence-corrected chi connectivity index (χ1v) is 11.3. The summed E-state index contributed by atoms with van der Waals surface area (Å²) in [5, 5.41) is 0.984. The van der Waals surface area contributed by atoms with E-state index in [4.69, 9.17) is 9.47 Å². The van der Waals surface area contributed by atoms with Crippen molar-refractivity contribution in [1.29, 1.82) is 0 Å². The lowest BCUT2D eigenvalue weighted by molar-refractivity contribution is -0.146. The van der Waals surface area contributed by atoms with E-state index in [0.29, 0.717) is 50.5 Å². The lowest BCUT2D eigenvalue weighted by Gasteiger charge is -2.37. The average molecular weight is 438 g/mol. The van der Waals surface area contributed by atoms with Gasteiger partial charge in [0.05, 0.1) is 15.2 Å². The second-order valence-corrected chi connectivity index (χ2v) is 8.76. The fraction of sp³-hybridized carbons (Fsp3) is 0.348. The van der Waals surface area contributed by atoms with Gasteiger partial charge in [-0.15, -0.1) is 11.3 Å². The first-order valence-electron chi connectivity index (χ1n) is 10.5. The van der Waals surface area contributed by atoms with Crippen molar-refractivity contribution in [3.8, 4) is 11.5 Å². The molecule has 7 nitrogen and oxygen atoms in total. The second kappa shape index (κ2) is 8.55. The van der Waals surface area contributed by atoms with Crippen LogP contribution in [0.2, 0.25) is 0 Å². The number of ether oxygens (including phenoxy) is 2. The normalized spacial score (nSPS) is 18.3. The Kier molecular flexibility index (Phi) is 5.46. The fourth-order valence-corrected chi connectivity index (χ4v) is 4.89. The highest BCUT2D eigenvalue weighted by molar-refractivity contribution is 7.18. The van der Waals surface area contributed by atoms with Crippen molar-refractivity contribution < 1.29 is 19.1 Å². The standard InChI is InChI=1S/C23H23N3O4S/c27-22(10-9-21-24-16-5-1-4-8-20(16)31-21)25-11-13-26(14-12-25)23(28)19-15-29-17-6-2-3-7-18(17)30-19/h1-8,19H,9-15H2/t19-/m1/s1. The van der Waals surface area contributed by atoms with Gasteiger partial charge < -0.3 is 19.3 Å². The molecule has 2 aliphatic heterocycles. The smallest absolute Gasteiger partial charge is 0.267 e. The van der Waals surface area contributed by atoms with Gasteiger partial charge >= 0.3 is 0 Å². The molecule has 31 heavy (non-hydrogen) atoms. The van der Waals surface area contributed by atoms with Crippen molar-refractivity contribution >= 4 is 33.4 Å². The molecule has 0 aliphatic carbocycles. The van der Waals surface area contributed by atoms with Gasteiger partial charge in [0.25, 0.3) is 5.91 Å². The summed E-state index contributed by atoms with van der Waals surface area (Å²) in [6, 6.07) is 15.4. The van der Waals surface area contributed by atoms with Crippen LogP contribution in [0.4, 0.5) is 0 Å². The molecule has 1 fully saturated rings. The van der Waals surface area contributed by atoms with E-state index in [9.17, 15) is 9.59 Å². The highest BCUT2D eigenvalue weighted by Crippen LogP contribution is 2.31. The van der Waals surface area contributed by atoms with Crippen LogP contribution in [-0.2, 0) is 16.0 Å². The SMILES string of the molecule is O=C(CCc1nc2ccccc2s1)N1CCN(C(=O)[C@H]2COc3ccccc3O2)CC1. The third-order valence-electron chi connectivity index (χ3n) is 5.62. The van der Waals surface area contributed by atoms with Crippen LogP contribution in [0.25, 0.3) is 10.2 Å². The molecule has 0 saturated carbocycles. The van der Waals surface area contributed by atoms with Crippen LogP contribution >= 0.6 is 11.3 Å². The van der Waals surface area contributed by atoms with E-state index in [1.807, 2.05) is 47.4 Å². The number of nitrogens with zero attached hydrogens (tertiary/aromatic N) is 3. The minimum atomic E-state index is -0.642. The zero-order valence-corrected chi connectivity index (χ0v) is 17.8. The van der Waals surface area contributed by atoms with Crippen molar-refractivity contribution in [2.75, 3.05) is 32.8 Å². The maximum absolute atomic E-state index is 12.8. The number of aromatic nitrogens is 1. The van der Waals surface area contributed by atoms with Gasteiger partial charge in [-0.1, -0.05) is 24.3 Å². The van der Waals surface area contributed by atoms with Crippen LogP contribution < -0.4 is 9.47 Å². The summed E-state index contributed by atoms with van der Waals surface area (Å²) >= 11 is 1.64. The Morgan fingerprint density at radius 3 is 2.48 bits per heavy atom. The van der Waals surface area contributed by atoms with Gasteiger partial charge in [-0.2, -0.15) is 0 Å². The second-order valence-electron chi connectivity index (χ2n) is 7.65. The molecule has 1 atom stereocenters. The summed E-state index contributed by atoms with van der Waals surface area (Å²) in [6.45, 7) is 2.29. The number of carbonyl (C=O) groups is 2. The third kappa shape index (κ3) is 4.20. The zero-order chi connectivity index (χ0) is 21.2. The summed E-state index contributed by atoms with van der Waals surface area (Å²) in [5.74, 6) is 1.28. The van der Waals surface area contributed by atoms with Gasteiger partial charge in [0.1, 0.15) is 6.61 Å². The minimum absolute atomic E-state index is 0.0870. The summed E-state index contributed by atoms with van der Waals surface area (Å²) in [4.78, 5) is 33.7. The topological polar surface area (TPSA) is 72.0 Å². The predicted molar refractivity (Wildman–Crippen MR) is 117 cm³/mol. The first kappa shape index (κ1) is 19.8. The van der Waals surface area contributed by atoms with E-state index in [1.54, 1.807) is 22.3 Å². The summed E-state index contributed by atoms with van der Waals surface area (Å²) < 4.78 is 12.6. The Bertz CT molecular complexity index is 1070. The molecule has 0 radical (unpaired) electrons. The maximum atomic E-state index is 12.8. The number of benzene rings is 2. The van der Waals surface area contributed by atoms with Crippen molar-refractivity contribution in [2.45, 2.75) is 18.9 Å². The summed E-state index contributed by atoms with van der Waals surface area (Å²) in [5.41, 5.74) is 0.985. The first-order chi connectivity index (χ1) is 15.2. The molecule has 1 saturated heterocycles. The zero-order valence-electron chi connectivity index (χ0n) is 17.0. The van der Waals surface area contributed by atoms with Crippen LogP contribution in [0.3, 0.4) is 0 Å². The molecule has 2 aliphatic rings. The van der Waals surface area contributed by atoms with Gasteiger partial charge in [-0.3, -0.25) is 9.59 Å². The van der Waals surface area contributed by atoms with Crippen LogP contribution in [-0.4, -0.2) is 65.5 Å². The number of fused-ring (bicyclic) bond motifs is 2. The third-order valence-corrected chi connectivity index (χ3v) is 6.72. The van der Waals surface area contributed by atoms with Gasteiger partial charge in [0.2, 0.25) is 12.0 Å². The Morgan fingerprint density at radius 2 is 1.68 bits per heavy atom. The van der Waals surface area contributed by atoms with Crippen molar-refractivity contribution in [3.05, 3.63) is 53.5 Å². The molecular weight excluding hydrogens is 414 g/mol. The van der Waals surface area contributed by atoms with E-state index in [2.05, 4.69) is 4.98 Å². The molecular formula is C23H23N3O4S. The average Bonchev–Trinajstić information content (AvgIpc) is 3.25. The number of hydrogen-bond donors (Lipinski definition) is 0. The quantitative estimate of drug-likeness (QED) is 0.628. The molecule has 8 heteroatoms. The molecule has 1 aromatic heterocycles. The van der Waals surface area contributed by atoms with E-state index >= 15 is 0 Å². The number of carbonyl (C=O) groups excluding carboxylic acids is 2. The number of hydrogen-bond acceptors (Lipinski definition) is 6. The fourth-order valence-electron chi connectivity index (χ4n) is 3.92. The number of para-hydroxylation sites is 3. The lowest BCUT2D eigenvalue weighted by Crippen LogP contribution is -2.55. The largest absolute Gasteiger partial charge is 0.485 e. The Hall–Kier alpha value is -3.13. The molecule has 2 amide bonds. The van der Waals surface area contributed by atoms with Crippen LogP contribution in [0, 0.1) is 0 Å². The molecule has 0 unspecified atom stereocenters. The maximum Gasteiger partial charge on any atom is 0.267 e. The number of aryl methyl sites for hydroxylation is 1. The van der Waals surface area contributed by atoms with Crippen LogP contribution in [0.15, 0.2) is 48.5 Å². The van der Waals surface area contributed by atoms with E-state index in [-0.39, 0.29) is 18.4 Å². The van der Waals surface area contributed by atoms with Crippen LogP contribution in [0.1, 0.15) is 11.4 Å². The molecule has 160 valence electrons. The number of amides is 2. The van der Waals surface area contributed by atoms with E-state index < -0.39 is 6.10 Å². The lowest BCUT2D eigenvalue weighted by atomic mass is 10.2. The molecule has 0 spiro atoms. The molecule has 2 aromatic carbocycles. The van der Waals surface area contributed by atoms with E-state index in [0.717, 1.165) is 15.2 Å². The van der Waals surface area contributed by atoms with E-state index in [1.165, 1.54) is 0 Å². The van der Waals surface area contributed by atoms with Crippen molar-refractivity contribution in [3.63, 3.8) is 0 Å². The van der Waals surface area contributed by atoms with Crippen LogP contribution in [0.5, 0.6) is 11.5 Å². The van der Waals surface area contributed by atoms with Crippen molar-refractivity contribution in [1.82, 2.24) is 14.8 Å². The van der Waals surface area contributed by atoms with Gasteiger partial charge in [0, 0.05) is 39.0 Å². The molecule has 3 aromatic rings. The van der Waals surface area contributed by atoms with Gasteiger partial charge in [-0.25, -0.2) is 4.98 Å². The Morgan fingerprint density at radius 1 is 0.968 bits per heavy atom. The highest BCUT2D eigenvalue weighted by atomic mass is 32.1. The molecule has 0 N–H and O–H groups in total. The Labute approximate surface area is 184 Å². The summed E-state index contributed by atoms with van der Waals surface area (Å²) in [6.07, 6.45) is 0.435. The monoisotopic (exact) mass is 437 g/mol. The molecule has 0 bridgehead atoms.